The van der Waals surface area contributed by atoms with E-state index in [0.717, 1.165) is 0 Å². The lowest BCUT2D eigenvalue weighted by Crippen LogP contribution is -2.16. The number of aromatic nitrogens is 2. The highest BCUT2D eigenvalue weighted by Gasteiger charge is 2.18. The molecule has 0 bridgehead atoms. The SMILES string of the molecule is CC(C)c1nc(-c2cc(Cl)ccc2Cl)c(N)n1N. The van der Waals surface area contributed by atoms with Gasteiger partial charge in [0, 0.05) is 16.5 Å². The molecule has 0 aliphatic rings. The number of nitrogens with zero attached hydrogens (tertiary/aromatic N) is 2. The Hall–Kier alpha value is -1.39. The van der Waals surface area contributed by atoms with Crippen LogP contribution in [0.3, 0.4) is 0 Å². The van der Waals surface area contributed by atoms with E-state index in [0.29, 0.717) is 32.9 Å². The highest BCUT2D eigenvalue weighted by molar-refractivity contribution is 6.35. The number of benzene rings is 1. The number of hydrogen-bond donors (Lipinski definition) is 2. The normalized spacial score (nSPS) is 11.2. The van der Waals surface area contributed by atoms with Gasteiger partial charge in [-0.05, 0) is 18.2 Å². The molecule has 0 saturated carbocycles. The number of anilines is 1. The van der Waals surface area contributed by atoms with Crippen molar-refractivity contribution in [1.82, 2.24) is 9.66 Å². The molecular weight excluding hydrogens is 271 g/mol. The lowest BCUT2D eigenvalue weighted by molar-refractivity contribution is 0.739. The Morgan fingerprint density at radius 1 is 1.28 bits per heavy atom. The van der Waals surface area contributed by atoms with E-state index in [1.54, 1.807) is 18.2 Å². The maximum Gasteiger partial charge on any atom is 0.150 e. The van der Waals surface area contributed by atoms with E-state index in [1.165, 1.54) is 4.68 Å². The zero-order valence-electron chi connectivity index (χ0n) is 10.1. The number of imidazole rings is 1. The molecule has 0 spiro atoms. The van der Waals surface area contributed by atoms with Gasteiger partial charge in [-0.15, -0.1) is 0 Å². The van der Waals surface area contributed by atoms with Crippen LogP contribution in [0.2, 0.25) is 10.0 Å². The van der Waals surface area contributed by atoms with Crippen LogP contribution in [0, 0.1) is 0 Å². The van der Waals surface area contributed by atoms with Crippen LogP contribution in [0.25, 0.3) is 11.3 Å². The van der Waals surface area contributed by atoms with Crippen LogP contribution in [-0.4, -0.2) is 9.66 Å². The molecule has 1 aromatic carbocycles. The summed E-state index contributed by atoms with van der Waals surface area (Å²) in [6.07, 6.45) is 0. The molecule has 0 fully saturated rings. The fraction of sp³-hybridized carbons (Fsp3) is 0.250. The smallest absolute Gasteiger partial charge is 0.150 e. The molecule has 0 saturated heterocycles. The summed E-state index contributed by atoms with van der Waals surface area (Å²) < 4.78 is 1.39. The molecule has 96 valence electrons. The molecule has 0 atom stereocenters. The highest BCUT2D eigenvalue weighted by atomic mass is 35.5. The van der Waals surface area contributed by atoms with Crippen LogP contribution in [0.4, 0.5) is 5.82 Å². The maximum atomic E-state index is 6.14. The molecule has 4 nitrogen and oxygen atoms in total. The second kappa shape index (κ2) is 4.71. The van der Waals surface area contributed by atoms with Crippen LogP contribution in [-0.2, 0) is 0 Å². The Balaban J connectivity index is 2.64. The van der Waals surface area contributed by atoms with Crippen LogP contribution in [0.5, 0.6) is 0 Å². The minimum absolute atomic E-state index is 0.170. The first-order chi connectivity index (χ1) is 8.41. The molecule has 0 amide bonds. The zero-order valence-corrected chi connectivity index (χ0v) is 11.6. The number of hydrogen-bond acceptors (Lipinski definition) is 3. The largest absolute Gasteiger partial charge is 0.382 e. The summed E-state index contributed by atoms with van der Waals surface area (Å²) in [4.78, 5) is 4.45. The lowest BCUT2D eigenvalue weighted by atomic mass is 10.1. The summed E-state index contributed by atoms with van der Waals surface area (Å²) in [5.74, 6) is 7.14. The highest BCUT2D eigenvalue weighted by Crippen LogP contribution is 2.34. The summed E-state index contributed by atoms with van der Waals surface area (Å²) in [5, 5.41) is 1.12. The molecule has 0 aliphatic heterocycles. The van der Waals surface area contributed by atoms with E-state index < -0.39 is 0 Å². The van der Waals surface area contributed by atoms with Crippen molar-refractivity contribution in [2.45, 2.75) is 19.8 Å². The van der Waals surface area contributed by atoms with E-state index in [9.17, 15) is 0 Å². The topological polar surface area (TPSA) is 69.9 Å². The van der Waals surface area contributed by atoms with E-state index in [4.69, 9.17) is 34.8 Å². The van der Waals surface area contributed by atoms with Crippen molar-refractivity contribution in [3.05, 3.63) is 34.1 Å². The van der Waals surface area contributed by atoms with Gasteiger partial charge in [0.05, 0.1) is 5.02 Å². The molecule has 2 aromatic rings. The van der Waals surface area contributed by atoms with Crippen molar-refractivity contribution in [2.24, 2.45) is 0 Å². The van der Waals surface area contributed by atoms with Crippen molar-refractivity contribution in [3.63, 3.8) is 0 Å². The van der Waals surface area contributed by atoms with Crippen LogP contribution in [0.1, 0.15) is 25.6 Å². The first-order valence-electron chi connectivity index (χ1n) is 5.50. The lowest BCUT2D eigenvalue weighted by Gasteiger charge is -2.04. The van der Waals surface area contributed by atoms with Gasteiger partial charge in [-0.25, -0.2) is 9.66 Å². The van der Waals surface area contributed by atoms with Crippen molar-refractivity contribution in [2.75, 3.05) is 11.6 Å². The van der Waals surface area contributed by atoms with Crippen molar-refractivity contribution >= 4 is 29.0 Å². The first-order valence-corrected chi connectivity index (χ1v) is 6.26. The van der Waals surface area contributed by atoms with Crippen LogP contribution < -0.4 is 11.6 Å². The maximum absolute atomic E-state index is 6.14. The van der Waals surface area contributed by atoms with Gasteiger partial charge >= 0.3 is 0 Å². The van der Waals surface area contributed by atoms with Gasteiger partial charge in [0.1, 0.15) is 11.5 Å². The van der Waals surface area contributed by atoms with E-state index >= 15 is 0 Å². The predicted molar refractivity (Wildman–Crippen MR) is 76.3 cm³/mol. The summed E-state index contributed by atoms with van der Waals surface area (Å²) in [6, 6.07) is 5.16. The molecule has 1 aromatic heterocycles. The summed E-state index contributed by atoms with van der Waals surface area (Å²) in [5.41, 5.74) is 7.22. The molecule has 0 radical (unpaired) electrons. The van der Waals surface area contributed by atoms with E-state index in [2.05, 4.69) is 4.98 Å². The third-order valence-electron chi connectivity index (χ3n) is 2.68. The average Bonchev–Trinajstić information content (AvgIpc) is 2.60. The average molecular weight is 285 g/mol. The predicted octanol–water partition coefficient (Wildman–Crippen LogP) is 3.28. The minimum atomic E-state index is 0.170. The van der Waals surface area contributed by atoms with Crippen LogP contribution >= 0.6 is 23.2 Å². The molecule has 18 heavy (non-hydrogen) atoms. The van der Waals surface area contributed by atoms with Gasteiger partial charge in [0.25, 0.3) is 0 Å². The zero-order chi connectivity index (χ0) is 13.4. The van der Waals surface area contributed by atoms with E-state index in [-0.39, 0.29) is 5.92 Å². The molecule has 2 rings (SSSR count). The molecule has 1 heterocycles. The van der Waals surface area contributed by atoms with Crippen LogP contribution in [0.15, 0.2) is 18.2 Å². The minimum Gasteiger partial charge on any atom is -0.382 e. The Morgan fingerprint density at radius 3 is 2.50 bits per heavy atom. The Bertz CT molecular complexity index is 590. The number of rotatable bonds is 2. The van der Waals surface area contributed by atoms with Gasteiger partial charge in [0.2, 0.25) is 0 Å². The van der Waals surface area contributed by atoms with Gasteiger partial charge < -0.3 is 11.6 Å². The third-order valence-corrected chi connectivity index (χ3v) is 3.24. The summed E-state index contributed by atoms with van der Waals surface area (Å²) in [7, 11) is 0. The Labute approximate surface area is 115 Å². The van der Waals surface area contributed by atoms with Gasteiger partial charge in [0.15, 0.2) is 5.82 Å². The molecule has 6 heteroatoms. The van der Waals surface area contributed by atoms with Gasteiger partial charge in [-0.3, -0.25) is 0 Å². The third kappa shape index (κ3) is 2.13. The van der Waals surface area contributed by atoms with Crippen molar-refractivity contribution < 1.29 is 0 Å². The second-order valence-corrected chi connectivity index (χ2v) is 5.20. The van der Waals surface area contributed by atoms with Gasteiger partial charge in [-0.1, -0.05) is 37.0 Å². The van der Waals surface area contributed by atoms with Crippen molar-refractivity contribution in [3.8, 4) is 11.3 Å². The monoisotopic (exact) mass is 284 g/mol. The molecule has 0 unspecified atom stereocenters. The second-order valence-electron chi connectivity index (χ2n) is 4.35. The molecular formula is C12H14Cl2N4. The number of halogens is 2. The molecule has 4 N–H and O–H groups in total. The fourth-order valence-corrected chi connectivity index (χ4v) is 2.13. The van der Waals surface area contributed by atoms with E-state index in [1.807, 2.05) is 13.8 Å². The fourth-order valence-electron chi connectivity index (χ4n) is 1.75. The standard InChI is InChI=1S/C12H14Cl2N4/c1-6(2)12-17-10(11(15)18(12)16)8-5-7(13)3-4-9(8)14/h3-6H,15-16H2,1-2H3. The quantitative estimate of drug-likeness (QED) is 0.832. The van der Waals surface area contributed by atoms with Crippen molar-refractivity contribution in [1.29, 1.82) is 0 Å². The Morgan fingerprint density at radius 2 is 1.94 bits per heavy atom. The number of nitrogen functional groups attached to an aromatic ring is 2. The first kappa shape index (κ1) is 13.1. The summed E-state index contributed by atoms with van der Waals surface area (Å²) in [6.45, 7) is 3.99. The number of nitrogens with two attached hydrogens (primary N) is 2. The molecule has 0 aliphatic carbocycles. The Kier molecular flexibility index (Phi) is 3.41. The summed E-state index contributed by atoms with van der Waals surface area (Å²) >= 11 is 12.1. The van der Waals surface area contributed by atoms with Gasteiger partial charge in [-0.2, -0.15) is 0 Å².